The lowest BCUT2D eigenvalue weighted by Gasteiger charge is -2.14. The topological polar surface area (TPSA) is 53.1 Å². The smallest absolute Gasteiger partial charge is 0.114 e. The standard InChI is InChI=1S/C8H13N3O/c1-11-7(2-4-10-11)8-6(9)3-5-12-8/h2,4,6,8H,3,5,9H2,1H3/t6-,8-/m1/s1. The first-order valence-corrected chi connectivity index (χ1v) is 4.14. The fourth-order valence-corrected chi connectivity index (χ4v) is 1.57. The molecule has 1 aliphatic rings. The molecule has 1 fully saturated rings. The van der Waals surface area contributed by atoms with Gasteiger partial charge in [-0.15, -0.1) is 0 Å². The van der Waals surface area contributed by atoms with Gasteiger partial charge in [-0.3, -0.25) is 4.68 Å². The molecule has 1 aromatic heterocycles. The van der Waals surface area contributed by atoms with Crippen molar-refractivity contribution in [1.29, 1.82) is 0 Å². The third-order valence-corrected chi connectivity index (χ3v) is 2.29. The molecule has 0 saturated carbocycles. The van der Waals surface area contributed by atoms with Crippen molar-refractivity contribution in [2.45, 2.75) is 18.6 Å². The summed E-state index contributed by atoms with van der Waals surface area (Å²) >= 11 is 0. The molecule has 0 aromatic carbocycles. The molecule has 1 aromatic rings. The van der Waals surface area contributed by atoms with Crippen molar-refractivity contribution in [1.82, 2.24) is 9.78 Å². The maximum absolute atomic E-state index is 5.87. The minimum atomic E-state index is 0.0394. The van der Waals surface area contributed by atoms with Gasteiger partial charge in [-0.1, -0.05) is 0 Å². The summed E-state index contributed by atoms with van der Waals surface area (Å²) in [6.07, 6.45) is 2.75. The molecule has 2 rings (SSSR count). The summed E-state index contributed by atoms with van der Waals surface area (Å²) < 4.78 is 7.32. The lowest BCUT2D eigenvalue weighted by molar-refractivity contribution is 0.0983. The van der Waals surface area contributed by atoms with Crippen molar-refractivity contribution < 1.29 is 4.74 Å². The van der Waals surface area contributed by atoms with Crippen LogP contribution in [0.15, 0.2) is 12.3 Å². The summed E-state index contributed by atoms with van der Waals surface area (Å²) in [4.78, 5) is 0. The number of aryl methyl sites for hydroxylation is 1. The highest BCUT2D eigenvalue weighted by molar-refractivity contribution is 5.08. The van der Waals surface area contributed by atoms with Gasteiger partial charge in [0.15, 0.2) is 0 Å². The monoisotopic (exact) mass is 167 g/mol. The Morgan fingerprint density at radius 2 is 2.58 bits per heavy atom. The molecule has 4 heteroatoms. The highest BCUT2D eigenvalue weighted by atomic mass is 16.5. The second kappa shape index (κ2) is 2.88. The van der Waals surface area contributed by atoms with E-state index in [2.05, 4.69) is 5.10 Å². The van der Waals surface area contributed by atoms with E-state index in [0.717, 1.165) is 18.7 Å². The van der Waals surface area contributed by atoms with E-state index >= 15 is 0 Å². The summed E-state index contributed by atoms with van der Waals surface area (Å²) in [5, 5.41) is 4.08. The predicted molar refractivity (Wildman–Crippen MR) is 44.5 cm³/mol. The Hall–Kier alpha value is -0.870. The number of rotatable bonds is 1. The van der Waals surface area contributed by atoms with Crippen molar-refractivity contribution in [2.75, 3.05) is 6.61 Å². The minimum absolute atomic E-state index is 0.0394. The first-order chi connectivity index (χ1) is 5.79. The van der Waals surface area contributed by atoms with E-state index in [1.54, 1.807) is 6.20 Å². The summed E-state index contributed by atoms with van der Waals surface area (Å²) in [6, 6.07) is 2.08. The Kier molecular flexibility index (Phi) is 1.86. The number of hydrogen-bond donors (Lipinski definition) is 1. The largest absolute Gasteiger partial charge is 0.370 e. The predicted octanol–water partition coefficient (Wildman–Crippen LogP) is 0.209. The fraction of sp³-hybridized carbons (Fsp3) is 0.625. The number of hydrogen-bond acceptors (Lipinski definition) is 3. The van der Waals surface area contributed by atoms with Crippen LogP contribution in [-0.4, -0.2) is 22.4 Å². The van der Waals surface area contributed by atoms with Crippen LogP contribution in [0, 0.1) is 0 Å². The van der Waals surface area contributed by atoms with Crippen LogP contribution >= 0.6 is 0 Å². The summed E-state index contributed by atoms with van der Waals surface area (Å²) in [6.45, 7) is 0.761. The van der Waals surface area contributed by atoms with Gasteiger partial charge in [0, 0.05) is 25.9 Å². The van der Waals surface area contributed by atoms with Crippen LogP contribution in [0.3, 0.4) is 0 Å². The molecular weight excluding hydrogens is 154 g/mol. The maximum Gasteiger partial charge on any atom is 0.114 e. The lowest BCUT2D eigenvalue weighted by atomic mass is 10.1. The van der Waals surface area contributed by atoms with E-state index in [0.29, 0.717) is 0 Å². The minimum Gasteiger partial charge on any atom is -0.370 e. The normalized spacial score (nSPS) is 29.5. The first-order valence-electron chi connectivity index (χ1n) is 4.14. The Labute approximate surface area is 71.3 Å². The Balaban J connectivity index is 2.24. The van der Waals surface area contributed by atoms with Gasteiger partial charge in [0.1, 0.15) is 6.10 Å². The van der Waals surface area contributed by atoms with Gasteiger partial charge in [-0.2, -0.15) is 5.10 Å². The Morgan fingerprint density at radius 1 is 1.75 bits per heavy atom. The van der Waals surface area contributed by atoms with Gasteiger partial charge in [-0.05, 0) is 12.5 Å². The molecule has 0 amide bonds. The van der Waals surface area contributed by atoms with E-state index in [-0.39, 0.29) is 12.1 Å². The quantitative estimate of drug-likeness (QED) is 0.650. The van der Waals surface area contributed by atoms with Crippen LogP contribution in [0.5, 0.6) is 0 Å². The van der Waals surface area contributed by atoms with Crippen molar-refractivity contribution in [3.8, 4) is 0 Å². The molecule has 12 heavy (non-hydrogen) atoms. The van der Waals surface area contributed by atoms with Gasteiger partial charge >= 0.3 is 0 Å². The van der Waals surface area contributed by atoms with Gasteiger partial charge in [-0.25, -0.2) is 0 Å². The number of ether oxygens (including phenoxy) is 1. The van der Waals surface area contributed by atoms with E-state index < -0.39 is 0 Å². The average Bonchev–Trinajstić information content (AvgIpc) is 2.59. The number of nitrogens with zero attached hydrogens (tertiary/aromatic N) is 2. The Bertz CT molecular complexity index is 271. The second-order valence-electron chi connectivity index (χ2n) is 3.12. The molecule has 4 nitrogen and oxygen atoms in total. The van der Waals surface area contributed by atoms with Crippen LogP contribution in [0.2, 0.25) is 0 Å². The van der Waals surface area contributed by atoms with Crippen LogP contribution in [0.4, 0.5) is 0 Å². The van der Waals surface area contributed by atoms with Crippen LogP contribution in [-0.2, 0) is 11.8 Å². The zero-order chi connectivity index (χ0) is 8.55. The van der Waals surface area contributed by atoms with Gasteiger partial charge in [0.25, 0.3) is 0 Å². The van der Waals surface area contributed by atoms with E-state index in [4.69, 9.17) is 10.5 Å². The molecule has 66 valence electrons. The van der Waals surface area contributed by atoms with E-state index in [1.165, 1.54) is 0 Å². The van der Waals surface area contributed by atoms with Gasteiger partial charge < -0.3 is 10.5 Å². The third kappa shape index (κ3) is 1.13. The summed E-state index contributed by atoms with van der Waals surface area (Å²) in [5.74, 6) is 0. The van der Waals surface area contributed by atoms with Crippen molar-refractivity contribution in [2.24, 2.45) is 12.8 Å². The highest BCUT2D eigenvalue weighted by Gasteiger charge is 2.28. The zero-order valence-corrected chi connectivity index (χ0v) is 7.10. The van der Waals surface area contributed by atoms with Gasteiger partial charge in [0.05, 0.1) is 5.69 Å². The maximum atomic E-state index is 5.87. The fourth-order valence-electron chi connectivity index (χ4n) is 1.57. The number of aromatic nitrogens is 2. The first kappa shape index (κ1) is 7.76. The second-order valence-corrected chi connectivity index (χ2v) is 3.12. The zero-order valence-electron chi connectivity index (χ0n) is 7.10. The summed E-state index contributed by atoms with van der Waals surface area (Å²) in [7, 11) is 1.91. The molecule has 2 heterocycles. The molecule has 0 spiro atoms. The molecule has 2 atom stereocenters. The molecule has 0 unspecified atom stereocenters. The molecule has 0 aliphatic carbocycles. The Morgan fingerprint density at radius 3 is 3.08 bits per heavy atom. The molecule has 2 N–H and O–H groups in total. The van der Waals surface area contributed by atoms with E-state index in [9.17, 15) is 0 Å². The van der Waals surface area contributed by atoms with Gasteiger partial charge in [0.2, 0.25) is 0 Å². The van der Waals surface area contributed by atoms with Crippen LogP contribution in [0.25, 0.3) is 0 Å². The van der Waals surface area contributed by atoms with Crippen LogP contribution in [0.1, 0.15) is 18.2 Å². The van der Waals surface area contributed by atoms with Crippen molar-refractivity contribution in [3.05, 3.63) is 18.0 Å². The lowest BCUT2D eigenvalue weighted by Crippen LogP contribution is -2.25. The molecule has 1 saturated heterocycles. The summed E-state index contributed by atoms with van der Waals surface area (Å²) in [5.41, 5.74) is 6.94. The third-order valence-electron chi connectivity index (χ3n) is 2.29. The molecule has 0 bridgehead atoms. The van der Waals surface area contributed by atoms with Crippen molar-refractivity contribution in [3.63, 3.8) is 0 Å². The SMILES string of the molecule is Cn1nccc1[C@@H]1OCC[C@H]1N. The van der Waals surface area contributed by atoms with Crippen molar-refractivity contribution >= 4 is 0 Å². The molecule has 0 radical (unpaired) electrons. The number of nitrogens with two attached hydrogens (primary N) is 1. The van der Waals surface area contributed by atoms with E-state index in [1.807, 2.05) is 17.8 Å². The van der Waals surface area contributed by atoms with Crippen LogP contribution < -0.4 is 5.73 Å². The molecule has 1 aliphatic heterocycles. The molecular formula is C8H13N3O. The average molecular weight is 167 g/mol. The highest BCUT2D eigenvalue weighted by Crippen LogP contribution is 2.26.